The summed E-state index contributed by atoms with van der Waals surface area (Å²) in [5, 5.41) is 3.28. The number of hydrogen-bond acceptors (Lipinski definition) is 1. The summed E-state index contributed by atoms with van der Waals surface area (Å²) in [6.45, 7) is 4.33. The molecule has 0 bridgehead atoms. The van der Waals surface area contributed by atoms with Gasteiger partial charge in [-0.1, -0.05) is 40.1 Å². The van der Waals surface area contributed by atoms with Gasteiger partial charge in [-0.3, -0.25) is 5.32 Å². The molecule has 0 spiro atoms. The lowest BCUT2D eigenvalue weighted by molar-refractivity contribution is 0.580. The smallest absolute Gasteiger partial charge is 0.0578 e. The molecule has 78 valence electrons. The summed E-state index contributed by atoms with van der Waals surface area (Å²) in [5.41, 5.74) is 1.23. The molecule has 1 aromatic carbocycles. The van der Waals surface area contributed by atoms with Gasteiger partial charge in [-0.05, 0) is 24.1 Å². The first-order valence-electron chi connectivity index (χ1n) is 4.81. The topological polar surface area (TPSA) is 12.0 Å². The van der Waals surface area contributed by atoms with E-state index in [-0.39, 0.29) is 6.04 Å². The maximum atomic E-state index is 5.23. The van der Waals surface area contributed by atoms with Crippen molar-refractivity contribution in [1.29, 1.82) is 0 Å². The van der Waals surface area contributed by atoms with E-state index in [2.05, 4.69) is 45.9 Å². The second-order valence-corrected chi connectivity index (χ2v) is 4.13. The zero-order valence-electron chi connectivity index (χ0n) is 8.54. The van der Waals surface area contributed by atoms with Gasteiger partial charge in [0.05, 0.1) is 6.54 Å². The quantitative estimate of drug-likeness (QED) is 0.635. The predicted octanol–water partition coefficient (Wildman–Crippen LogP) is 3.29. The first-order chi connectivity index (χ1) is 7.27. The average molecular weight is 264 g/mol. The van der Waals surface area contributed by atoms with Crippen LogP contribution in [0.15, 0.2) is 41.4 Å². The molecule has 0 aliphatic heterocycles. The van der Waals surface area contributed by atoms with Crippen molar-refractivity contribution in [3.63, 3.8) is 0 Å². The molecule has 0 radical (unpaired) electrons. The Labute approximate surface area is 99.7 Å². The van der Waals surface area contributed by atoms with E-state index in [1.807, 2.05) is 18.2 Å². The molecule has 0 aliphatic carbocycles. The Balaban J connectivity index is 2.74. The summed E-state index contributed by atoms with van der Waals surface area (Å²) >= 11 is 3.41. The molecular formula is C13H14BrN. The van der Waals surface area contributed by atoms with Crippen molar-refractivity contribution in [2.75, 3.05) is 6.54 Å². The van der Waals surface area contributed by atoms with Crippen molar-refractivity contribution < 1.29 is 0 Å². The van der Waals surface area contributed by atoms with Crippen LogP contribution in [0.5, 0.6) is 0 Å². The van der Waals surface area contributed by atoms with E-state index < -0.39 is 0 Å². The third kappa shape index (κ3) is 3.91. The van der Waals surface area contributed by atoms with E-state index in [9.17, 15) is 0 Å². The van der Waals surface area contributed by atoms with Crippen molar-refractivity contribution in [2.45, 2.75) is 12.5 Å². The van der Waals surface area contributed by atoms with E-state index in [4.69, 9.17) is 6.42 Å². The van der Waals surface area contributed by atoms with Crippen LogP contribution < -0.4 is 5.32 Å². The maximum Gasteiger partial charge on any atom is 0.0578 e. The van der Waals surface area contributed by atoms with Crippen LogP contribution in [0, 0.1) is 12.3 Å². The highest BCUT2D eigenvalue weighted by atomic mass is 79.9. The monoisotopic (exact) mass is 263 g/mol. The van der Waals surface area contributed by atoms with Crippen LogP contribution in [-0.2, 0) is 0 Å². The Hall–Kier alpha value is -1.04. The Morgan fingerprint density at radius 3 is 2.67 bits per heavy atom. The Morgan fingerprint density at radius 1 is 1.47 bits per heavy atom. The number of hydrogen-bond donors (Lipinski definition) is 1. The Bertz CT molecular complexity index is 348. The number of benzene rings is 1. The number of halogens is 1. The molecule has 1 rings (SSSR count). The van der Waals surface area contributed by atoms with Gasteiger partial charge in [-0.25, -0.2) is 0 Å². The fourth-order valence-corrected chi connectivity index (χ4v) is 1.65. The molecule has 0 fully saturated rings. The van der Waals surface area contributed by atoms with Crippen LogP contribution in [0.4, 0.5) is 0 Å². The molecule has 0 saturated heterocycles. The minimum atomic E-state index is 0.256. The molecular weight excluding hydrogens is 250 g/mol. The summed E-state index contributed by atoms with van der Waals surface area (Å²) in [5.74, 6) is 2.58. The van der Waals surface area contributed by atoms with Crippen LogP contribution >= 0.6 is 15.9 Å². The second-order valence-electron chi connectivity index (χ2n) is 3.21. The zero-order chi connectivity index (χ0) is 11.1. The lowest BCUT2D eigenvalue weighted by atomic mass is 10.0. The Morgan fingerprint density at radius 2 is 2.13 bits per heavy atom. The standard InChI is InChI=1S/C13H14BrN/c1-3-5-13(15-10-4-2)11-6-8-12(14)9-7-11/h2-3,6-9,13,15H,1,5,10H2. The molecule has 2 heteroatoms. The van der Waals surface area contributed by atoms with E-state index >= 15 is 0 Å². The summed E-state index contributed by atoms with van der Waals surface area (Å²) in [6, 6.07) is 8.49. The van der Waals surface area contributed by atoms with Crippen LogP contribution in [0.1, 0.15) is 18.0 Å². The highest BCUT2D eigenvalue weighted by Crippen LogP contribution is 2.19. The SMILES string of the molecule is C#CCNC(CC=C)c1ccc(Br)cc1. The first kappa shape index (κ1) is 12.0. The van der Waals surface area contributed by atoms with Crippen LogP contribution in [0.2, 0.25) is 0 Å². The van der Waals surface area contributed by atoms with Crippen molar-refractivity contribution in [3.05, 3.63) is 47.0 Å². The fraction of sp³-hybridized carbons (Fsp3) is 0.231. The van der Waals surface area contributed by atoms with Gasteiger partial charge < -0.3 is 0 Å². The summed E-state index contributed by atoms with van der Waals surface area (Å²) < 4.78 is 1.08. The van der Waals surface area contributed by atoms with Gasteiger partial charge in [-0.15, -0.1) is 13.0 Å². The molecule has 15 heavy (non-hydrogen) atoms. The van der Waals surface area contributed by atoms with Crippen molar-refractivity contribution in [1.82, 2.24) is 5.32 Å². The highest BCUT2D eigenvalue weighted by molar-refractivity contribution is 9.10. The summed E-state index contributed by atoms with van der Waals surface area (Å²) in [6.07, 6.45) is 8.01. The molecule has 1 nitrogen and oxygen atoms in total. The molecule has 0 aromatic heterocycles. The molecule has 1 N–H and O–H groups in total. The van der Waals surface area contributed by atoms with Gasteiger partial charge in [-0.2, -0.15) is 0 Å². The number of nitrogens with one attached hydrogen (secondary N) is 1. The van der Waals surface area contributed by atoms with E-state index in [1.54, 1.807) is 0 Å². The molecule has 0 aliphatic rings. The number of rotatable bonds is 5. The van der Waals surface area contributed by atoms with Crippen LogP contribution in [0.3, 0.4) is 0 Å². The molecule has 0 saturated carbocycles. The van der Waals surface area contributed by atoms with E-state index in [0.717, 1.165) is 10.9 Å². The van der Waals surface area contributed by atoms with Gasteiger partial charge in [0.25, 0.3) is 0 Å². The van der Waals surface area contributed by atoms with Gasteiger partial charge >= 0.3 is 0 Å². The maximum absolute atomic E-state index is 5.23. The third-order valence-corrected chi connectivity index (χ3v) is 2.65. The fourth-order valence-electron chi connectivity index (χ4n) is 1.38. The van der Waals surface area contributed by atoms with Gasteiger partial charge in [0.1, 0.15) is 0 Å². The van der Waals surface area contributed by atoms with Crippen molar-refractivity contribution >= 4 is 15.9 Å². The van der Waals surface area contributed by atoms with E-state index in [0.29, 0.717) is 6.54 Å². The summed E-state index contributed by atoms with van der Waals surface area (Å²) in [4.78, 5) is 0. The minimum absolute atomic E-state index is 0.256. The average Bonchev–Trinajstić information content (AvgIpc) is 2.25. The molecule has 1 unspecified atom stereocenters. The van der Waals surface area contributed by atoms with Crippen LogP contribution in [0.25, 0.3) is 0 Å². The largest absolute Gasteiger partial charge is 0.299 e. The normalized spacial score (nSPS) is 11.7. The third-order valence-electron chi connectivity index (χ3n) is 2.13. The van der Waals surface area contributed by atoms with Crippen molar-refractivity contribution in [2.24, 2.45) is 0 Å². The molecule has 1 aromatic rings. The van der Waals surface area contributed by atoms with Crippen LogP contribution in [-0.4, -0.2) is 6.54 Å². The molecule has 0 amide bonds. The lowest BCUT2D eigenvalue weighted by Gasteiger charge is -2.16. The second kappa shape index (κ2) is 6.44. The minimum Gasteiger partial charge on any atom is -0.299 e. The molecule has 0 heterocycles. The summed E-state index contributed by atoms with van der Waals surface area (Å²) in [7, 11) is 0. The first-order valence-corrected chi connectivity index (χ1v) is 5.60. The van der Waals surface area contributed by atoms with E-state index in [1.165, 1.54) is 5.56 Å². The molecule has 1 atom stereocenters. The van der Waals surface area contributed by atoms with Gasteiger partial charge in [0.15, 0.2) is 0 Å². The van der Waals surface area contributed by atoms with Gasteiger partial charge in [0, 0.05) is 10.5 Å². The highest BCUT2D eigenvalue weighted by Gasteiger charge is 2.07. The van der Waals surface area contributed by atoms with Gasteiger partial charge in [0.2, 0.25) is 0 Å². The number of terminal acetylenes is 1. The lowest BCUT2D eigenvalue weighted by Crippen LogP contribution is -2.20. The zero-order valence-corrected chi connectivity index (χ0v) is 10.1. The van der Waals surface area contributed by atoms with Crippen molar-refractivity contribution in [3.8, 4) is 12.3 Å². The predicted molar refractivity (Wildman–Crippen MR) is 68.5 cm³/mol. The Kier molecular flexibility index (Phi) is 5.17.